The van der Waals surface area contributed by atoms with Gasteiger partial charge in [-0.2, -0.15) is 0 Å². The van der Waals surface area contributed by atoms with Gasteiger partial charge in [0.2, 0.25) is 0 Å². The van der Waals surface area contributed by atoms with E-state index in [-0.39, 0.29) is 11.4 Å². The van der Waals surface area contributed by atoms with Crippen LogP contribution in [0.2, 0.25) is 0 Å². The summed E-state index contributed by atoms with van der Waals surface area (Å²) in [5.41, 5.74) is 0.589. The molecule has 8 heteroatoms. The minimum atomic E-state index is -0.644. The molecule has 0 fully saturated rings. The molecule has 21 heavy (non-hydrogen) atoms. The molecule has 0 spiro atoms. The molecule has 2 rings (SSSR count). The summed E-state index contributed by atoms with van der Waals surface area (Å²) in [5.74, 6) is 0. The van der Waals surface area contributed by atoms with Gasteiger partial charge in [0.25, 0.3) is 11.4 Å². The normalized spacial score (nSPS) is 10.3. The Balaban J connectivity index is 2.21. The number of nitrogens with zero attached hydrogens (tertiary/aromatic N) is 2. The molecule has 2 aromatic carbocycles. The van der Waals surface area contributed by atoms with Gasteiger partial charge in [-0.1, -0.05) is 28.5 Å². The van der Waals surface area contributed by atoms with Crippen LogP contribution in [0.1, 0.15) is 5.56 Å². The lowest BCUT2D eigenvalue weighted by atomic mass is 10.2. The molecule has 0 bridgehead atoms. The fourth-order valence-corrected chi connectivity index (χ4v) is 3.61. The molecule has 0 heterocycles. The molecule has 0 unspecified atom stereocenters. The Hall–Kier alpha value is -2.06. The second kappa shape index (κ2) is 6.59. The first-order valence-electron chi connectivity index (χ1n) is 5.81. The molecular formula is C13H10N2O4S2. The number of benzene rings is 2. The molecule has 0 atom stereocenters. The summed E-state index contributed by atoms with van der Waals surface area (Å²) in [6.45, 7) is 1.97. The average molecular weight is 322 g/mol. The molecule has 0 saturated heterocycles. The molecule has 0 saturated carbocycles. The summed E-state index contributed by atoms with van der Waals surface area (Å²) in [4.78, 5) is 21.8. The van der Waals surface area contributed by atoms with Gasteiger partial charge >= 0.3 is 0 Å². The van der Waals surface area contributed by atoms with Gasteiger partial charge in [0.05, 0.1) is 20.8 Å². The molecule has 0 amide bonds. The van der Waals surface area contributed by atoms with Crippen molar-refractivity contribution in [2.24, 2.45) is 0 Å². The molecule has 0 aliphatic carbocycles. The van der Waals surface area contributed by atoms with E-state index in [1.807, 2.05) is 31.2 Å². The van der Waals surface area contributed by atoms with E-state index in [0.717, 1.165) is 16.5 Å². The van der Waals surface area contributed by atoms with Crippen LogP contribution in [-0.2, 0) is 0 Å². The molecule has 0 N–H and O–H groups in total. The summed E-state index contributed by atoms with van der Waals surface area (Å²) in [6.07, 6.45) is 0. The largest absolute Gasteiger partial charge is 0.290 e. The van der Waals surface area contributed by atoms with E-state index in [9.17, 15) is 20.2 Å². The fourth-order valence-electron chi connectivity index (χ4n) is 1.52. The third kappa shape index (κ3) is 3.96. The fraction of sp³-hybridized carbons (Fsp3) is 0.0769. The number of rotatable bonds is 5. The molecule has 108 valence electrons. The Bertz CT molecular complexity index is 689. The van der Waals surface area contributed by atoms with Crippen molar-refractivity contribution < 1.29 is 9.85 Å². The van der Waals surface area contributed by atoms with Crippen LogP contribution in [0, 0.1) is 27.2 Å². The van der Waals surface area contributed by atoms with Crippen molar-refractivity contribution in [3.05, 3.63) is 68.3 Å². The van der Waals surface area contributed by atoms with Gasteiger partial charge in [-0.3, -0.25) is 20.2 Å². The van der Waals surface area contributed by atoms with Crippen LogP contribution < -0.4 is 0 Å². The highest BCUT2D eigenvalue weighted by atomic mass is 33.1. The first-order valence-corrected chi connectivity index (χ1v) is 7.96. The van der Waals surface area contributed by atoms with E-state index in [0.29, 0.717) is 4.90 Å². The number of non-ortho nitro benzene ring substituents is 1. The van der Waals surface area contributed by atoms with Gasteiger partial charge in [-0.15, -0.1) is 0 Å². The SMILES string of the molecule is Cc1ccc(SSc2ccc([N+](=O)[O-])cc2[N+](=O)[O-])cc1. The number of nitro groups is 2. The van der Waals surface area contributed by atoms with Gasteiger partial charge in [0.15, 0.2) is 0 Å². The van der Waals surface area contributed by atoms with Crippen LogP contribution in [0.25, 0.3) is 0 Å². The summed E-state index contributed by atoms with van der Waals surface area (Å²) >= 11 is 0. The summed E-state index contributed by atoms with van der Waals surface area (Å²) < 4.78 is 0. The van der Waals surface area contributed by atoms with E-state index >= 15 is 0 Å². The number of aryl methyl sites for hydroxylation is 1. The predicted octanol–water partition coefficient (Wildman–Crippen LogP) is 4.61. The topological polar surface area (TPSA) is 86.3 Å². The molecular weight excluding hydrogens is 312 g/mol. The van der Waals surface area contributed by atoms with Crippen molar-refractivity contribution in [2.45, 2.75) is 16.7 Å². The number of hydrogen-bond acceptors (Lipinski definition) is 6. The molecule has 2 aromatic rings. The molecule has 0 aromatic heterocycles. The van der Waals surface area contributed by atoms with Crippen molar-refractivity contribution in [2.75, 3.05) is 0 Å². The quantitative estimate of drug-likeness (QED) is 0.454. The summed E-state index contributed by atoms with van der Waals surface area (Å²) in [6, 6.07) is 11.4. The zero-order valence-corrected chi connectivity index (χ0v) is 12.5. The maximum Gasteiger partial charge on any atom is 0.290 e. The van der Waals surface area contributed by atoms with Gasteiger partial charge in [-0.05, 0) is 35.9 Å². The first-order chi connectivity index (χ1) is 9.97. The van der Waals surface area contributed by atoms with Crippen LogP contribution in [0.4, 0.5) is 11.4 Å². The highest BCUT2D eigenvalue weighted by molar-refractivity contribution is 8.76. The standard InChI is InChI=1S/C13H10N2O4S2/c1-9-2-5-11(6-3-9)20-21-13-7-4-10(14(16)17)8-12(13)15(18)19/h2-8H,1H3. The second-order valence-corrected chi connectivity index (χ2v) is 6.39. The van der Waals surface area contributed by atoms with E-state index in [1.165, 1.54) is 33.7 Å². The number of hydrogen-bond donors (Lipinski definition) is 0. The Kier molecular flexibility index (Phi) is 4.81. The Morgan fingerprint density at radius 1 is 0.905 bits per heavy atom. The average Bonchev–Trinajstić information content (AvgIpc) is 2.46. The Morgan fingerprint density at radius 2 is 1.57 bits per heavy atom. The predicted molar refractivity (Wildman–Crippen MR) is 82.6 cm³/mol. The van der Waals surface area contributed by atoms with E-state index in [4.69, 9.17) is 0 Å². The van der Waals surface area contributed by atoms with Gasteiger partial charge in [0.1, 0.15) is 0 Å². The first kappa shape index (κ1) is 15.3. The van der Waals surface area contributed by atoms with Crippen molar-refractivity contribution in [3.8, 4) is 0 Å². The molecule has 0 aliphatic rings. The van der Waals surface area contributed by atoms with Gasteiger partial charge in [-0.25, -0.2) is 0 Å². The van der Waals surface area contributed by atoms with E-state index < -0.39 is 9.85 Å². The third-order valence-corrected chi connectivity index (χ3v) is 5.04. The maximum absolute atomic E-state index is 11.0. The lowest BCUT2D eigenvalue weighted by Gasteiger charge is -2.03. The van der Waals surface area contributed by atoms with E-state index in [2.05, 4.69) is 0 Å². The van der Waals surface area contributed by atoms with Crippen molar-refractivity contribution in [1.82, 2.24) is 0 Å². The smallest absolute Gasteiger partial charge is 0.258 e. The third-order valence-electron chi connectivity index (χ3n) is 2.60. The zero-order chi connectivity index (χ0) is 15.4. The van der Waals surface area contributed by atoms with Crippen LogP contribution in [0.3, 0.4) is 0 Å². The molecule has 0 aliphatic heterocycles. The summed E-state index contributed by atoms with van der Waals surface area (Å²) in [5, 5.41) is 21.7. The number of nitro benzene ring substituents is 2. The highest BCUT2D eigenvalue weighted by Crippen LogP contribution is 2.42. The van der Waals surface area contributed by atoms with Crippen molar-refractivity contribution >= 4 is 33.0 Å². The zero-order valence-electron chi connectivity index (χ0n) is 10.9. The molecule has 6 nitrogen and oxygen atoms in total. The highest BCUT2D eigenvalue weighted by Gasteiger charge is 2.20. The van der Waals surface area contributed by atoms with Crippen LogP contribution in [0.15, 0.2) is 52.3 Å². The minimum absolute atomic E-state index is 0.256. The van der Waals surface area contributed by atoms with Crippen LogP contribution in [-0.4, -0.2) is 9.85 Å². The van der Waals surface area contributed by atoms with E-state index in [1.54, 1.807) is 0 Å². The summed E-state index contributed by atoms with van der Waals surface area (Å²) in [7, 11) is 2.58. The van der Waals surface area contributed by atoms with Crippen molar-refractivity contribution in [1.29, 1.82) is 0 Å². The minimum Gasteiger partial charge on any atom is -0.258 e. The van der Waals surface area contributed by atoms with Crippen molar-refractivity contribution in [3.63, 3.8) is 0 Å². The lowest BCUT2D eigenvalue weighted by molar-refractivity contribution is -0.396. The Morgan fingerprint density at radius 3 is 2.14 bits per heavy atom. The maximum atomic E-state index is 11.0. The lowest BCUT2D eigenvalue weighted by Crippen LogP contribution is -1.93. The molecule has 0 radical (unpaired) electrons. The van der Waals surface area contributed by atoms with Crippen LogP contribution in [0.5, 0.6) is 0 Å². The monoisotopic (exact) mass is 322 g/mol. The van der Waals surface area contributed by atoms with Gasteiger partial charge in [0, 0.05) is 11.0 Å². The Labute approximate surface area is 128 Å². The van der Waals surface area contributed by atoms with Crippen LogP contribution >= 0.6 is 21.6 Å². The van der Waals surface area contributed by atoms with Gasteiger partial charge < -0.3 is 0 Å². The second-order valence-electron chi connectivity index (χ2n) is 4.15.